The van der Waals surface area contributed by atoms with E-state index in [4.69, 9.17) is 14.2 Å². The monoisotopic (exact) mass is 267 g/mol. The fourth-order valence-electron chi connectivity index (χ4n) is 1.42. The highest BCUT2D eigenvalue weighted by atomic mass is 16.6. The summed E-state index contributed by atoms with van der Waals surface area (Å²) >= 11 is 0. The van der Waals surface area contributed by atoms with Gasteiger partial charge in [0.1, 0.15) is 6.61 Å². The van der Waals surface area contributed by atoms with Gasteiger partial charge in [0.15, 0.2) is 0 Å². The second-order valence-electron chi connectivity index (χ2n) is 4.18. The predicted octanol–water partition coefficient (Wildman–Crippen LogP) is 1.57. The first-order chi connectivity index (χ1) is 9.15. The van der Waals surface area contributed by atoms with Gasteiger partial charge in [0.2, 0.25) is 0 Å². The molecule has 0 saturated carbocycles. The van der Waals surface area contributed by atoms with Crippen LogP contribution >= 0.6 is 0 Å². The van der Waals surface area contributed by atoms with Gasteiger partial charge in [0.05, 0.1) is 25.4 Å². The van der Waals surface area contributed by atoms with E-state index in [0.717, 1.165) is 5.69 Å². The van der Waals surface area contributed by atoms with Crippen molar-refractivity contribution in [1.29, 1.82) is 0 Å². The molecule has 0 aromatic heterocycles. The number of ether oxygens (including phenoxy) is 3. The lowest BCUT2D eigenvalue weighted by molar-refractivity contribution is 0.0214. The molecule has 0 radical (unpaired) electrons. The van der Waals surface area contributed by atoms with Gasteiger partial charge in [-0.25, -0.2) is 4.79 Å². The maximum absolute atomic E-state index is 11.7. The van der Waals surface area contributed by atoms with Crippen LogP contribution in [-0.4, -0.2) is 53.6 Å². The van der Waals surface area contributed by atoms with Gasteiger partial charge < -0.3 is 19.1 Å². The maximum Gasteiger partial charge on any atom is 0.338 e. The Balaban J connectivity index is 2.29. The smallest absolute Gasteiger partial charge is 0.338 e. The molecule has 0 spiro atoms. The van der Waals surface area contributed by atoms with Crippen LogP contribution in [0, 0.1) is 0 Å². The largest absolute Gasteiger partial charge is 0.460 e. The standard InChI is InChI=1S/C14H21NO4/c1-15(2)13-6-4-12(5-7-13)14(16)19-11-10-18-9-8-17-3/h4-7H,8-11H2,1-3H3. The first kappa shape index (κ1) is 15.5. The van der Waals surface area contributed by atoms with Crippen LogP contribution in [0.25, 0.3) is 0 Å². The van der Waals surface area contributed by atoms with Crippen molar-refractivity contribution in [3.8, 4) is 0 Å². The summed E-state index contributed by atoms with van der Waals surface area (Å²) < 4.78 is 15.1. The van der Waals surface area contributed by atoms with E-state index in [9.17, 15) is 4.79 Å². The Labute approximate surface area is 114 Å². The molecule has 1 aromatic rings. The summed E-state index contributed by atoms with van der Waals surface area (Å²) in [7, 11) is 5.51. The van der Waals surface area contributed by atoms with Crippen LogP contribution in [0.2, 0.25) is 0 Å². The Hall–Kier alpha value is -1.59. The van der Waals surface area contributed by atoms with E-state index in [1.165, 1.54) is 0 Å². The molecular weight excluding hydrogens is 246 g/mol. The molecule has 19 heavy (non-hydrogen) atoms. The van der Waals surface area contributed by atoms with Gasteiger partial charge in [-0.3, -0.25) is 0 Å². The third-order valence-electron chi connectivity index (χ3n) is 2.51. The van der Waals surface area contributed by atoms with Crippen LogP contribution in [0.5, 0.6) is 0 Å². The van der Waals surface area contributed by atoms with E-state index in [1.54, 1.807) is 19.2 Å². The maximum atomic E-state index is 11.7. The van der Waals surface area contributed by atoms with Gasteiger partial charge in [0.25, 0.3) is 0 Å². The number of carbonyl (C=O) groups excluding carboxylic acids is 1. The van der Waals surface area contributed by atoms with Crippen LogP contribution in [0.4, 0.5) is 5.69 Å². The summed E-state index contributed by atoms with van der Waals surface area (Å²) in [6, 6.07) is 7.27. The number of nitrogens with zero attached hydrogens (tertiary/aromatic N) is 1. The highest BCUT2D eigenvalue weighted by Gasteiger charge is 2.06. The molecule has 106 valence electrons. The third-order valence-corrected chi connectivity index (χ3v) is 2.51. The van der Waals surface area contributed by atoms with Gasteiger partial charge in [0, 0.05) is 26.9 Å². The number of anilines is 1. The van der Waals surface area contributed by atoms with Gasteiger partial charge in [-0.05, 0) is 24.3 Å². The Morgan fingerprint density at radius 1 is 1.05 bits per heavy atom. The zero-order valence-electron chi connectivity index (χ0n) is 11.7. The van der Waals surface area contributed by atoms with Crippen LogP contribution in [0.1, 0.15) is 10.4 Å². The van der Waals surface area contributed by atoms with E-state index in [2.05, 4.69) is 0 Å². The zero-order valence-corrected chi connectivity index (χ0v) is 11.7. The topological polar surface area (TPSA) is 48.0 Å². The fourth-order valence-corrected chi connectivity index (χ4v) is 1.42. The molecule has 0 unspecified atom stereocenters. The molecule has 0 aliphatic carbocycles. The lowest BCUT2D eigenvalue weighted by atomic mass is 10.2. The first-order valence-corrected chi connectivity index (χ1v) is 6.16. The summed E-state index contributed by atoms with van der Waals surface area (Å²) in [4.78, 5) is 13.7. The van der Waals surface area contributed by atoms with Gasteiger partial charge in [-0.2, -0.15) is 0 Å². The normalized spacial score (nSPS) is 10.3. The molecule has 1 aromatic carbocycles. The van der Waals surface area contributed by atoms with Crippen molar-refractivity contribution in [1.82, 2.24) is 0 Å². The fraction of sp³-hybridized carbons (Fsp3) is 0.500. The molecule has 0 bridgehead atoms. The van der Waals surface area contributed by atoms with Gasteiger partial charge >= 0.3 is 5.97 Å². The van der Waals surface area contributed by atoms with Crippen LogP contribution in [0.15, 0.2) is 24.3 Å². The molecule has 0 atom stereocenters. The van der Waals surface area contributed by atoms with Crippen LogP contribution < -0.4 is 4.90 Å². The number of hydrogen-bond donors (Lipinski definition) is 0. The molecule has 0 saturated heterocycles. The summed E-state index contributed by atoms with van der Waals surface area (Å²) in [5.74, 6) is -0.333. The zero-order chi connectivity index (χ0) is 14.1. The molecule has 0 amide bonds. The average molecular weight is 267 g/mol. The SMILES string of the molecule is COCCOCCOC(=O)c1ccc(N(C)C)cc1. The van der Waals surface area contributed by atoms with Gasteiger partial charge in [-0.1, -0.05) is 0 Å². The Morgan fingerprint density at radius 2 is 1.68 bits per heavy atom. The Kier molecular flexibility index (Phi) is 6.92. The molecule has 1 rings (SSSR count). The Morgan fingerprint density at radius 3 is 2.26 bits per heavy atom. The van der Waals surface area contributed by atoms with E-state index in [-0.39, 0.29) is 12.6 Å². The summed E-state index contributed by atoms with van der Waals surface area (Å²) in [5.41, 5.74) is 1.59. The number of hydrogen-bond acceptors (Lipinski definition) is 5. The molecule has 5 heteroatoms. The van der Waals surface area contributed by atoms with E-state index < -0.39 is 0 Å². The molecule has 0 heterocycles. The first-order valence-electron chi connectivity index (χ1n) is 6.16. The molecular formula is C14H21NO4. The quantitative estimate of drug-likeness (QED) is 0.528. The van der Waals surface area contributed by atoms with Crippen molar-refractivity contribution >= 4 is 11.7 Å². The molecule has 5 nitrogen and oxygen atoms in total. The molecule has 0 aliphatic rings. The highest BCUT2D eigenvalue weighted by molar-refractivity contribution is 5.89. The van der Waals surface area contributed by atoms with Crippen molar-refractivity contribution in [2.24, 2.45) is 0 Å². The minimum absolute atomic E-state index is 0.248. The van der Waals surface area contributed by atoms with Crippen molar-refractivity contribution in [3.05, 3.63) is 29.8 Å². The van der Waals surface area contributed by atoms with Crippen molar-refractivity contribution in [2.45, 2.75) is 0 Å². The van der Waals surface area contributed by atoms with Crippen molar-refractivity contribution < 1.29 is 19.0 Å². The lowest BCUT2D eigenvalue weighted by Gasteiger charge is -2.12. The van der Waals surface area contributed by atoms with E-state index in [1.807, 2.05) is 31.1 Å². The van der Waals surface area contributed by atoms with Crippen LogP contribution in [0.3, 0.4) is 0 Å². The number of carbonyl (C=O) groups is 1. The summed E-state index contributed by atoms with van der Waals surface area (Å²) in [6.45, 7) is 1.67. The predicted molar refractivity (Wildman–Crippen MR) is 73.7 cm³/mol. The number of methoxy groups -OCH3 is 1. The highest BCUT2D eigenvalue weighted by Crippen LogP contribution is 2.12. The molecule has 0 N–H and O–H groups in total. The number of esters is 1. The van der Waals surface area contributed by atoms with E-state index >= 15 is 0 Å². The van der Waals surface area contributed by atoms with Crippen molar-refractivity contribution in [2.75, 3.05) is 52.5 Å². The summed E-state index contributed by atoms with van der Waals surface area (Å²) in [5, 5.41) is 0. The minimum atomic E-state index is -0.333. The lowest BCUT2D eigenvalue weighted by Crippen LogP contribution is -2.13. The summed E-state index contributed by atoms with van der Waals surface area (Å²) in [6.07, 6.45) is 0. The Bertz CT molecular complexity index is 376. The second kappa shape index (κ2) is 8.50. The minimum Gasteiger partial charge on any atom is -0.460 e. The number of benzene rings is 1. The average Bonchev–Trinajstić information content (AvgIpc) is 2.42. The van der Waals surface area contributed by atoms with Crippen LogP contribution in [-0.2, 0) is 14.2 Å². The molecule has 0 aliphatic heterocycles. The van der Waals surface area contributed by atoms with E-state index in [0.29, 0.717) is 25.4 Å². The number of rotatable bonds is 8. The molecule has 0 fully saturated rings. The third kappa shape index (κ3) is 5.72. The second-order valence-corrected chi connectivity index (χ2v) is 4.18. The van der Waals surface area contributed by atoms with Gasteiger partial charge in [-0.15, -0.1) is 0 Å². The van der Waals surface area contributed by atoms with Crippen molar-refractivity contribution in [3.63, 3.8) is 0 Å².